The molecule has 0 aliphatic carbocycles. The molecule has 16 heavy (non-hydrogen) atoms. The minimum absolute atomic E-state index is 0.699. The monoisotopic (exact) mass is 239 g/mol. The van der Waals surface area contributed by atoms with Gasteiger partial charge in [0.25, 0.3) is 0 Å². The van der Waals surface area contributed by atoms with Crippen molar-refractivity contribution in [3.05, 3.63) is 23.5 Å². The zero-order valence-corrected chi connectivity index (χ0v) is 9.78. The smallest absolute Gasteiger partial charge is 0.232 e. The van der Waals surface area contributed by atoms with Gasteiger partial charge in [-0.25, -0.2) is 4.68 Å². The van der Waals surface area contributed by atoms with Gasteiger partial charge in [0.1, 0.15) is 5.01 Å². The van der Waals surface area contributed by atoms with Crippen LogP contribution in [0.15, 0.2) is 18.5 Å². The molecule has 1 N–H and O–H groups in total. The molecule has 0 amide bonds. The summed E-state index contributed by atoms with van der Waals surface area (Å²) in [4.78, 5) is 0. The van der Waals surface area contributed by atoms with Gasteiger partial charge in [-0.3, -0.25) is 0 Å². The van der Waals surface area contributed by atoms with E-state index in [4.69, 9.17) is 4.74 Å². The van der Waals surface area contributed by atoms with E-state index in [2.05, 4.69) is 20.6 Å². The maximum absolute atomic E-state index is 4.93. The molecule has 0 saturated carbocycles. The highest BCUT2D eigenvalue weighted by Crippen LogP contribution is 2.12. The summed E-state index contributed by atoms with van der Waals surface area (Å²) in [7, 11) is 1.68. The molecule has 2 aromatic rings. The van der Waals surface area contributed by atoms with Crippen molar-refractivity contribution in [2.24, 2.45) is 0 Å². The molecule has 2 rings (SSSR count). The van der Waals surface area contributed by atoms with E-state index in [9.17, 15) is 0 Å². The number of nitrogens with zero attached hydrogens (tertiary/aromatic N) is 4. The average molecular weight is 239 g/mol. The molecular formula is C9H13N5OS. The van der Waals surface area contributed by atoms with Crippen molar-refractivity contribution in [3.63, 3.8) is 0 Å². The van der Waals surface area contributed by atoms with E-state index < -0.39 is 0 Å². The standard InChI is InChI=1S/C9H13N5OS/c1-15-6-4-10-7-8-12-13-9(16-8)14-5-2-3-11-14/h2-3,5,10H,4,6-7H2,1H3. The van der Waals surface area contributed by atoms with Crippen molar-refractivity contribution in [1.29, 1.82) is 0 Å². The van der Waals surface area contributed by atoms with Gasteiger partial charge in [-0.2, -0.15) is 5.10 Å². The Balaban J connectivity index is 1.88. The number of nitrogens with one attached hydrogen (secondary N) is 1. The Hall–Kier alpha value is -1.31. The third-order valence-corrected chi connectivity index (χ3v) is 2.83. The molecule has 2 heterocycles. The van der Waals surface area contributed by atoms with E-state index in [1.807, 2.05) is 12.3 Å². The van der Waals surface area contributed by atoms with E-state index in [1.54, 1.807) is 18.0 Å². The lowest BCUT2D eigenvalue weighted by molar-refractivity contribution is 0.199. The highest BCUT2D eigenvalue weighted by Gasteiger charge is 2.05. The van der Waals surface area contributed by atoms with Crippen LogP contribution in [-0.2, 0) is 11.3 Å². The van der Waals surface area contributed by atoms with Crippen molar-refractivity contribution in [3.8, 4) is 5.13 Å². The first-order valence-electron chi connectivity index (χ1n) is 4.92. The molecule has 0 aliphatic rings. The molecule has 6 nitrogen and oxygen atoms in total. The highest BCUT2D eigenvalue weighted by molar-refractivity contribution is 7.13. The second-order valence-corrected chi connectivity index (χ2v) is 4.14. The third kappa shape index (κ3) is 2.84. The van der Waals surface area contributed by atoms with E-state index in [-0.39, 0.29) is 0 Å². The van der Waals surface area contributed by atoms with Crippen molar-refractivity contribution in [2.45, 2.75) is 6.54 Å². The second kappa shape index (κ2) is 5.69. The van der Waals surface area contributed by atoms with E-state index in [1.165, 1.54) is 11.3 Å². The number of hydrogen-bond acceptors (Lipinski definition) is 6. The molecule has 0 spiro atoms. The average Bonchev–Trinajstić information content (AvgIpc) is 2.94. The molecule has 0 fully saturated rings. The largest absolute Gasteiger partial charge is 0.383 e. The molecule has 2 aromatic heterocycles. The first-order valence-corrected chi connectivity index (χ1v) is 5.74. The minimum atomic E-state index is 0.699. The van der Waals surface area contributed by atoms with Crippen LogP contribution in [0.4, 0.5) is 0 Å². The van der Waals surface area contributed by atoms with Gasteiger partial charge in [-0.05, 0) is 6.07 Å². The summed E-state index contributed by atoms with van der Waals surface area (Å²) in [6.45, 7) is 2.22. The summed E-state index contributed by atoms with van der Waals surface area (Å²) in [6.07, 6.45) is 3.57. The van der Waals surface area contributed by atoms with Crippen LogP contribution < -0.4 is 5.32 Å². The van der Waals surface area contributed by atoms with Crippen molar-refractivity contribution in [2.75, 3.05) is 20.3 Å². The SMILES string of the molecule is COCCNCc1nnc(-n2cccn2)s1. The fourth-order valence-corrected chi connectivity index (χ4v) is 1.91. The number of aromatic nitrogens is 4. The van der Waals surface area contributed by atoms with E-state index >= 15 is 0 Å². The molecule has 0 atom stereocenters. The summed E-state index contributed by atoms with van der Waals surface area (Å²) in [5.74, 6) is 0. The molecule has 0 aromatic carbocycles. The van der Waals surface area contributed by atoms with Crippen molar-refractivity contribution < 1.29 is 4.74 Å². The van der Waals surface area contributed by atoms with Crippen LogP contribution in [0, 0.1) is 0 Å². The quantitative estimate of drug-likeness (QED) is 0.742. The fraction of sp³-hybridized carbons (Fsp3) is 0.444. The molecule has 0 bridgehead atoms. The Bertz CT molecular complexity index is 413. The second-order valence-electron chi connectivity index (χ2n) is 3.10. The maximum Gasteiger partial charge on any atom is 0.232 e. The van der Waals surface area contributed by atoms with Crippen LogP contribution in [0.25, 0.3) is 5.13 Å². The fourth-order valence-electron chi connectivity index (χ4n) is 1.16. The van der Waals surface area contributed by atoms with Gasteiger partial charge in [0.2, 0.25) is 5.13 Å². The van der Waals surface area contributed by atoms with Crippen molar-refractivity contribution in [1.82, 2.24) is 25.3 Å². The van der Waals surface area contributed by atoms with Crippen LogP contribution in [-0.4, -0.2) is 40.2 Å². The predicted molar refractivity (Wildman–Crippen MR) is 60.6 cm³/mol. The molecule has 0 saturated heterocycles. The van der Waals surface area contributed by atoms with Gasteiger partial charge in [0.15, 0.2) is 0 Å². The third-order valence-electron chi connectivity index (χ3n) is 1.92. The lowest BCUT2D eigenvalue weighted by Gasteiger charge is -1.99. The zero-order chi connectivity index (χ0) is 11.2. The van der Waals surface area contributed by atoms with Crippen LogP contribution in [0.2, 0.25) is 0 Å². The van der Waals surface area contributed by atoms with E-state index in [0.29, 0.717) is 13.2 Å². The summed E-state index contributed by atoms with van der Waals surface area (Å²) in [5.41, 5.74) is 0. The van der Waals surface area contributed by atoms with Crippen molar-refractivity contribution >= 4 is 11.3 Å². The Labute approximate surface area is 97.3 Å². The number of hydrogen-bond donors (Lipinski definition) is 1. The lowest BCUT2D eigenvalue weighted by atomic mass is 10.6. The Morgan fingerprint density at radius 1 is 1.50 bits per heavy atom. The highest BCUT2D eigenvalue weighted by atomic mass is 32.1. The maximum atomic E-state index is 4.93. The van der Waals surface area contributed by atoms with E-state index in [0.717, 1.165) is 16.7 Å². The summed E-state index contributed by atoms with van der Waals surface area (Å²) in [5, 5.41) is 17.2. The first kappa shape index (κ1) is 11.2. The Morgan fingerprint density at radius 3 is 3.19 bits per heavy atom. The zero-order valence-electron chi connectivity index (χ0n) is 8.96. The Kier molecular flexibility index (Phi) is 3.97. The van der Waals surface area contributed by atoms with Crippen LogP contribution in [0.1, 0.15) is 5.01 Å². The topological polar surface area (TPSA) is 64.9 Å². The Morgan fingerprint density at radius 2 is 2.44 bits per heavy atom. The molecule has 0 unspecified atom stereocenters. The van der Waals surface area contributed by atoms with Gasteiger partial charge in [0.05, 0.1) is 6.61 Å². The predicted octanol–water partition coefficient (Wildman–Crippen LogP) is 0.460. The summed E-state index contributed by atoms with van der Waals surface area (Å²) >= 11 is 1.52. The molecule has 0 radical (unpaired) electrons. The van der Waals surface area contributed by atoms with Gasteiger partial charge >= 0.3 is 0 Å². The van der Waals surface area contributed by atoms with Gasteiger partial charge in [-0.15, -0.1) is 10.2 Å². The minimum Gasteiger partial charge on any atom is -0.383 e. The normalized spacial score (nSPS) is 10.8. The van der Waals surface area contributed by atoms with Crippen LogP contribution in [0.5, 0.6) is 0 Å². The molecule has 86 valence electrons. The van der Waals surface area contributed by atoms with Crippen LogP contribution >= 0.6 is 11.3 Å². The molecule has 7 heteroatoms. The number of rotatable bonds is 6. The van der Waals surface area contributed by atoms with Gasteiger partial charge in [0, 0.05) is 32.6 Å². The summed E-state index contributed by atoms with van der Waals surface area (Å²) < 4.78 is 6.64. The lowest BCUT2D eigenvalue weighted by Crippen LogP contribution is -2.18. The number of methoxy groups -OCH3 is 1. The van der Waals surface area contributed by atoms with Gasteiger partial charge in [-0.1, -0.05) is 11.3 Å². The van der Waals surface area contributed by atoms with Gasteiger partial charge < -0.3 is 10.1 Å². The molecular weight excluding hydrogens is 226 g/mol. The number of ether oxygens (including phenoxy) is 1. The first-order chi connectivity index (χ1) is 7.90. The molecule has 0 aliphatic heterocycles. The summed E-state index contributed by atoms with van der Waals surface area (Å²) in [6, 6.07) is 1.86. The van der Waals surface area contributed by atoms with Crippen LogP contribution in [0.3, 0.4) is 0 Å².